The Kier molecular flexibility index (Phi) is 4.06. The van der Waals surface area contributed by atoms with Crippen molar-refractivity contribution in [3.63, 3.8) is 0 Å². The highest BCUT2D eigenvalue weighted by molar-refractivity contribution is 9.10. The predicted molar refractivity (Wildman–Crippen MR) is 94.4 cm³/mol. The molecule has 3 aliphatic rings. The monoisotopic (exact) mass is 390 g/mol. The number of carbonyl (C=O) groups excluding carboxylic acids is 2. The van der Waals surface area contributed by atoms with E-state index in [1.165, 1.54) is 6.42 Å². The van der Waals surface area contributed by atoms with E-state index >= 15 is 0 Å². The molecule has 3 nitrogen and oxygen atoms in total. The van der Waals surface area contributed by atoms with Gasteiger partial charge in [-0.05, 0) is 43.4 Å². The molecule has 1 aliphatic heterocycles. The van der Waals surface area contributed by atoms with Gasteiger partial charge in [0, 0.05) is 4.47 Å². The summed E-state index contributed by atoms with van der Waals surface area (Å²) < 4.78 is 7.03. The molecule has 2 spiro atoms. The summed E-state index contributed by atoms with van der Waals surface area (Å²) in [6.45, 7) is 0. The van der Waals surface area contributed by atoms with E-state index in [2.05, 4.69) is 15.9 Å². The zero-order valence-electron chi connectivity index (χ0n) is 13.9. The molecule has 0 amide bonds. The molecular weight excluding hydrogens is 368 g/mol. The lowest BCUT2D eigenvalue weighted by atomic mass is 9.57. The summed E-state index contributed by atoms with van der Waals surface area (Å²) in [6, 6.07) is 7.89. The zero-order chi connectivity index (χ0) is 16.8. The molecule has 0 radical (unpaired) electrons. The SMILES string of the molecule is O=C1O[C@@H](c2ccc(Br)cc2)C2(CCCCC2)C(=O)C12CCCC2. The summed E-state index contributed by atoms with van der Waals surface area (Å²) in [6.07, 6.45) is 7.82. The summed E-state index contributed by atoms with van der Waals surface area (Å²) in [4.78, 5) is 26.5. The van der Waals surface area contributed by atoms with Crippen molar-refractivity contribution in [3.8, 4) is 0 Å². The second-order valence-electron chi connectivity index (χ2n) is 7.67. The average Bonchev–Trinajstić information content (AvgIpc) is 3.10. The van der Waals surface area contributed by atoms with Crippen molar-refractivity contribution in [1.29, 1.82) is 0 Å². The van der Waals surface area contributed by atoms with Gasteiger partial charge in [0.25, 0.3) is 0 Å². The van der Waals surface area contributed by atoms with Gasteiger partial charge in [-0.3, -0.25) is 9.59 Å². The predicted octanol–water partition coefficient (Wildman–Crippen LogP) is 5.13. The standard InChI is InChI=1S/C20H23BrO3/c21-15-8-6-14(7-9-15)16-19(10-2-1-3-11-19)17(22)20(18(23)24-16)12-4-5-13-20/h6-9,16H,1-5,10-13H2/t16-/m0/s1. The maximum atomic E-state index is 13.7. The summed E-state index contributed by atoms with van der Waals surface area (Å²) in [5.74, 6) is -0.0783. The van der Waals surface area contributed by atoms with Crippen LogP contribution in [0.4, 0.5) is 0 Å². The van der Waals surface area contributed by atoms with Crippen LogP contribution in [0.3, 0.4) is 0 Å². The maximum absolute atomic E-state index is 13.7. The molecule has 0 aromatic heterocycles. The van der Waals surface area contributed by atoms with Crippen LogP contribution in [-0.4, -0.2) is 11.8 Å². The highest BCUT2D eigenvalue weighted by atomic mass is 79.9. The number of Topliss-reactive ketones (excluding diaryl/α,β-unsaturated/α-hetero) is 1. The number of cyclic esters (lactones) is 1. The third kappa shape index (κ3) is 2.29. The minimum atomic E-state index is -0.844. The van der Waals surface area contributed by atoms with Gasteiger partial charge in [-0.1, -0.05) is 60.2 Å². The minimum absolute atomic E-state index is 0.191. The van der Waals surface area contributed by atoms with Crippen molar-refractivity contribution in [2.45, 2.75) is 63.9 Å². The van der Waals surface area contributed by atoms with Gasteiger partial charge >= 0.3 is 5.97 Å². The molecule has 1 aromatic carbocycles. The molecule has 24 heavy (non-hydrogen) atoms. The third-order valence-corrected chi connectivity index (χ3v) is 6.91. The average molecular weight is 391 g/mol. The Morgan fingerprint density at radius 3 is 2.08 bits per heavy atom. The summed E-state index contributed by atoms with van der Waals surface area (Å²) in [5.41, 5.74) is -0.400. The van der Waals surface area contributed by atoms with Crippen molar-refractivity contribution in [2.75, 3.05) is 0 Å². The maximum Gasteiger partial charge on any atom is 0.320 e. The molecule has 0 unspecified atom stereocenters. The summed E-state index contributed by atoms with van der Waals surface area (Å²) in [5, 5.41) is 0. The van der Waals surface area contributed by atoms with Crippen molar-refractivity contribution in [2.24, 2.45) is 10.8 Å². The van der Waals surface area contributed by atoms with E-state index in [4.69, 9.17) is 4.74 Å². The molecule has 2 aliphatic carbocycles. The molecule has 4 heteroatoms. The highest BCUT2D eigenvalue weighted by Crippen LogP contribution is 2.59. The smallest absolute Gasteiger partial charge is 0.320 e. The highest BCUT2D eigenvalue weighted by Gasteiger charge is 2.64. The normalized spacial score (nSPS) is 28.3. The molecule has 1 aromatic rings. The van der Waals surface area contributed by atoms with Crippen molar-refractivity contribution >= 4 is 27.7 Å². The number of hydrogen-bond acceptors (Lipinski definition) is 3. The topological polar surface area (TPSA) is 43.4 Å². The number of esters is 1. The van der Waals surface area contributed by atoms with Crippen LogP contribution in [0.2, 0.25) is 0 Å². The number of carbonyl (C=O) groups is 2. The van der Waals surface area contributed by atoms with Crippen LogP contribution in [-0.2, 0) is 14.3 Å². The molecule has 1 atom stereocenters. The van der Waals surface area contributed by atoms with Gasteiger partial charge in [-0.25, -0.2) is 0 Å². The number of ether oxygens (including phenoxy) is 1. The molecule has 2 saturated carbocycles. The Hall–Kier alpha value is -1.16. The Balaban J connectivity index is 1.79. The third-order valence-electron chi connectivity index (χ3n) is 6.38. The largest absolute Gasteiger partial charge is 0.456 e. The van der Waals surface area contributed by atoms with Crippen molar-refractivity contribution in [1.82, 2.24) is 0 Å². The number of halogens is 1. The fourth-order valence-corrected chi connectivity index (χ4v) is 5.39. The lowest BCUT2D eigenvalue weighted by Crippen LogP contribution is -2.56. The Bertz CT molecular complexity index is 652. The van der Waals surface area contributed by atoms with E-state index < -0.39 is 16.9 Å². The molecular formula is C20H23BrO3. The van der Waals surface area contributed by atoms with Crippen molar-refractivity contribution < 1.29 is 14.3 Å². The fraction of sp³-hybridized carbons (Fsp3) is 0.600. The van der Waals surface area contributed by atoms with Gasteiger partial charge in [0.1, 0.15) is 11.5 Å². The van der Waals surface area contributed by atoms with Crippen LogP contribution in [0.1, 0.15) is 69.5 Å². The quantitative estimate of drug-likeness (QED) is 0.493. The van der Waals surface area contributed by atoms with Gasteiger partial charge < -0.3 is 4.74 Å². The lowest BCUT2D eigenvalue weighted by molar-refractivity contribution is -0.195. The first kappa shape index (κ1) is 16.3. The van der Waals surface area contributed by atoms with Crippen LogP contribution in [0.25, 0.3) is 0 Å². The zero-order valence-corrected chi connectivity index (χ0v) is 15.4. The fourth-order valence-electron chi connectivity index (χ4n) is 5.13. The summed E-state index contributed by atoms with van der Waals surface area (Å²) in [7, 11) is 0. The Labute approximate surface area is 151 Å². The molecule has 0 N–H and O–H groups in total. The molecule has 128 valence electrons. The van der Waals surface area contributed by atoms with E-state index in [9.17, 15) is 9.59 Å². The lowest BCUT2D eigenvalue weighted by Gasteiger charge is -2.50. The number of benzene rings is 1. The van der Waals surface area contributed by atoms with Crippen LogP contribution in [0, 0.1) is 10.8 Å². The number of rotatable bonds is 1. The van der Waals surface area contributed by atoms with E-state index in [1.54, 1.807) is 0 Å². The second-order valence-corrected chi connectivity index (χ2v) is 8.59. The second kappa shape index (κ2) is 5.98. The minimum Gasteiger partial charge on any atom is -0.456 e. The first-order valence-corrected chi connectivity index (χ1v) is 9.89. The molecule has 0 bridgehead atoms. The van der Waals surface area contributed by atoms with Crippen LogP contribution < -0.4 is 0 Å². The van der Waals surface area contributed by atoms with E-state index in [0.717, 1.165) is 48.6 Å². The van der Waals surface area contributed by atoms with E-state index in [0.29, 0.717) is 12.8 Å². The van der Waals surface area contributed by atoms with E-state index in [-0.39, 0.29) is 11.8 Å². The van der Waals surface area contributed by atoms with Gasteiger partial charge in [0.2, 0.25) is 0 Å². The van der Waals surface area contributed by atoms with Gasteiger partial charge in [0.15, 0.2) is 5.78 Å². The summed E-state index contributed by atoms with van der Waals surface area (Å²) >= 11 is 3.45. The van der Waals surface area contributed by atoms with Crippen molar-refractivity contribution in [3.05, 3.63) is 34.3 Å². The van der Waals surface area contributed by atoms with Crippen LogP contribution in [0.5, 0.6) is 0 Å². The Morgan fingerprint density at radius 1 is 0.875 bits per heavy atom. The van der Waals surface area contributed by atoms with Gasteiger partial charge in [-0.15, -0.1) is 0 Å². The first-order valence-electron chi connectivity index (χ1n) is 9.10. The Morgan fingerprint density at radius 2 is 1.46 bits per heavy atom. The molecule has 1 saturated heterocycles. The molecule has 4 rings (SSSR count). The van der Waals surface area contributed by atoms with Crippen LogP contribution in [0.15, 0.2) is 28.7 Å². The first-order chi connectivity index (χ1) is 11.6. The van der Waals surface area contributed by atoms with Gasteiger partial charge in [0.05, 0.1) is 5.41 Å². The van der Waals surface area contributed by atoms with Crippen LogP contribution >= 0.6 is 15.9 Å². The molecule has 1 heterocycles. The van der Waals surface area contributed by atoms with E-state index in [1.807, 2.05) is 24.3 Å². The van der Waals surface area contributed by atoms with Gasteiger partial charge in [-0.2, -0.15) is 0 Å². The molecule has 3 fully saturated rings. The number of ketones is 1. The number of hydrogen-bond donors (Lipinski definition) is 0.